The van der Waals surface area contributed by atoms with Crippen molar-refractivity contribution in [1.29, 1.82) is 0 Å². The fourth-order valence-electron chi connectivity index (χ4n) is 11.0. The number of amides is 2. The molecule has 0 bridgehead atoms. The monoisotopic (exact) mass is 632 g/mol. The molecule has 4 N–H and O–H groups in total. The number of hydrogen-bond donors (Lipinski definition) is 4. The molecule has 1 heterocycles. The van der Waals surface area contributed by atoms with Gasteiger partial charge in [0.25, 0.3) is 10.0 Å². The summed E-state index contributed by atoms with van der Waals surface area (Å²) in [4.78, 5) is 12.6. The van der Waals surface area contributed by atoms with Crippen LogP contribution in [-0.2, 0) is 10.0 Å². The molecule has 2 amide bonds. The summed E-state index contributed by atoms with van der Waals surface area (Å²) in [6.07, 6.45) is 8.48. The largest absolute Gasteiger partial charge is 0.486 e. The van der Waals surface area contributed by atoms with Crippen molar-refractivity contribution < 1.29 is 32.9 Å². The van der Waals surface area contributed by atoms with E-state index in [1.54, 1.807) is 6.07 Å². The molecule has 0 radical (unpaired) electrons. The van der Waals surface area contributed by atoms with Crippen LogP contribution in [0.15, 0.2) is 23.1 Å². The third-order valence-corrected chi connectivity index (χ3v) is 14.4. The lowest BCUT2D eigenvalue weighted by Crippen LogP contribution is -2.62. The second-order valence-electron chi connectivity index (χ2n) is 15.1. The van der Waals surface area contributed by atoms with Crippen molar-refractivity contribution in [2.75, 3.05) is 19.8 Å². The Balaban J connectivity index is 1.07. The molecule has 10 heteroatoms. The smallest absolute Gasteiger partial charge is 0.328 e. The Morgan fingerprint density at radius 3 is 2.45 bits per heavy atom. The molecule has 0 saturated heterocycles. The Morgan fingerprint density at radius 2 is 1.70 bits per heavy atom. The number of aliphatic hydroxyl groups excluding tert-OH is 2. The summed E-state index contributed by atoms with van der Waals surface area (Å²) in [5, 5.41) is 25.2. The normalized spacial score (nSPS) is 40.2. The van der Waals surface area contributed by atoms with E-state index in [0.717, 1.165) is 57.8 Å². The van der Waals surface area contributed by atoms with Crippen LogP contribution in [0.3, 0.4) is 0 Å². The van der Waals surface area contributed by atoms with Crippen LogP contribution in [0.1, 0.15) is 85.5 Å². The van der Waals surface area contributed by atoms with Crippen molar-refractivity contribution >= 4 is 16.1 Å². The highest BCUT2D eigenvalue weighted by Gasteiger charge is 2.64. The summed E-state index contributed by atoms with van der Waals surface area (Å²) in [5.74, 6) is 3.62. The first-order valence-electron chi connectivity index (χ1n) is 17.0. The SMILES string of the molecule is CC[C@H]1[C@@H](O)[C@@H]2[C@H](CC[C@]3(C)[C@@H]([C@H](C)CCNC(=O)NS(=O)(=O)c4ccc5c(c4)OCCO5)CC[C@@H]23)[C@@]2(C)CC[C@@H](O)C[C@@H]12. The van der Waals surface area contributed by atoms with Crippen LogP contribution >= 0.6 is 0 Å². The van der Waals surface area contributed by atoms with E-state index in [9.17, 15) is 23.4 Å². The van der Waals surface area contributed by atoms with Crippen LogP contribution < -0.4 is 19.5 Å². The van der Waals surface area contributed by atoms with Crippen molar-refractivity contribution in [3.63, 3.8) is 0 Å². The number of benzene rings is 1. The molecule has 0 spiro atoms. The minimum absolute atomic E-state index is 0.0504. The standard InChI is InChI=1S/C34H52N2O7S/c1-5-23-27-18-21(37)10-13-34(27,4)26-11-14-33(3)24(7-8-25(33)30(26)31(23)38)20(2)12-15-35-32(39)36-44(40,41)22-6-9-28-29(19-22)43-17-16-42-28/h6,9,19-21,23-27,30-31,37-38H,5,7-8,10-18H2,1-4H3,(H2,35,36,39)/t20-,21-,23-,24-,25+,26+,27+,30+,31-,33-,34-/m1/s1. The molecule has 5 aliphatic rings. The van der Waals surface area contributed by atoms with E-state index in [2.05, 4.69) is 37.7 Å². The van der Waals surface area contributed by atoms with Crippen LogP contribution in [-0.4, -0.2) is 56.6 Å². The van der Waals surface area contributed by atoms with Gasteiger partial charge in [0.15, 0.2) is 11.5 Å². The Morgan fingerprint density at radius 1 is 1.00 bits per heavy atom. The molecule has 4 aliphatic carbocycles. The molecule has 4 saturated carbocycles. The number of aliphatic hydroxyl groups is 2. The van der Waals surface area contributed by atoms with Gasteiger partial charge in [-0.2, -0.15) is 0 Å². The molecular weight excluding hydrogens is 580 g/mol. The maximum atomic E-state index is 12.8. The molecule has 1 aromatic rings. The maximum absolute atomic E-state index is 12.8. The molecule has 9 nitrogen and oxygen atoms in total. The second-order valence-corrected chi connectivity index (χ2v) is 16.7. The highest BCUT2D eigenvalue weighted by Crippen LogP contribution is 2.69. The van der Waals surface area contributed by atoms with Gasteiger partial charge in [-0.1, -0.05) is 34.1 Å². The topological polar surface area (TPSA) is 134 Å². The average molecular weight is 633 g/mol. The number of ether oxygens (including phenoxy) is 2. The van der Waals surface area contributed by atoms with Gasteiger partial charge in [-0.25, -0.2) is 17.9 Å². The first-order valence-corrected chi connectivity index (χ1v) is 18.4. The number of carbonyl (C=O) groups is 1. The molecule has 0 unspecified atom stereocenters. The Kier molecular flexibility index (Phi) is 8.67. The van der Waals surface area contributed by atoms with Gasteiger partial charge in [0.05, 0.1) is 17.1 Å². The van der Waals surface area contributed by atoms with Crippen molar-refractivity contribution in [2.24, 2.45) is 52.3 Å². The molecule has 246 valence electrons. The van der Waals surface area contributed by atoms with Crippen LogP contribution in [0.2, 0.25) is 0 Å². The summed E-state index contributed by atoms with van der Waals surface area (Å²) < 4.78 is 38.8. The molecular formula is C34H52N2O7S. The minimum Gasteiger partial charge on any atom is -0.486 e. The summed E-state index contributed by atoms with van der Waals surface area (Å²) in [6, 6.07) is 3.58. The van der Waals surface area contributed by atoms with Gasteiger partial charge < -0.3 is 25.0 Å². The van der Waals surface area contributed by atoms with Crippen molar-refractivity contribution in [3.05, 3.63) is 18.2 Å². The molecule has 1 aliphatic heterocycles. The third-order valence-electron chi connectivity index (χ3n) is 13.1. The molecule has 1 aromatic carbocycles. The number of sulfonamides is 1. The lowest BCUT2D eigenvalue weighted by molar-refractivity contribution is -0.203. The van der Waals surface area contributed by atoms with Crippen molar-refractivity contribution in [2.45, 2.75) is 103 Å². The number of carbonyl (C=O) groups excluding carboxylic acids is 1. The van der Waals surface area contributed by atoms with Gasteiger partial charge in [-0.3, -0.25) is 0 Å². The van der Waals surface area contributed by atoms with Crippen LogP contribution in [0.4, 0.5) is 4.79 Å². The fraction of sp³-hybridized carbons (Fsp3) is 0.794. The predicted molar refractivity (Wildman–Crippen MR) is 167 cm³/mol. The zero-order valence-electron chi connectivity index (χ0n) is 26.8. The lowest BCUT2D eigenvalue weighted by atomic mass is 9.41. The van der Waals surface area contributed by atoms with Gasteiger partial charge in [0.2, 0.25) is 0 Å². The van der Waals surface area contributed by atoms with E-state index in [-0.39, 0.29) is 33.9 Å². The predicted octanol–water partition coefficient (Wildman–Crippen LogP) is 5.10. The number of hydrogen-bond acceptors (Lipinski definition) is 7. The first kappa shape index (κ1) is 31.9. The van der Waals surface area contributed by atoms with Gasteiger partial charge in [-0.15, -0.1) is 0 Å². The van der Waals surface area contributed by atoms with E-state index >= 15 is 0 Å². The molecule has 6 rings (SSSR count). The van der Waals surface area contributed by atoms with E-state index in [4.69, 9.17) is 9.47 Å². The number of fused-ring (bicyclic) bond motifs is 6. The summed E-state index contributed by atoms with van der Waals surface area (Å²) in [5.41, 5.74) is 0.327. The zero-order valence-corrected chi connectivity index (χ0v) is 27.6. The summed E-state index contributed by atoms with van der Waals surface area (Å²) in [7, 11) is -4.06. The molecule has 11 atom stereocenters. The average Bonchev–Trinajstić information content (AvgIpc) is 3.35. The summed E-state index contributed by atoms with van der Waals surface area (Å²) >= 11 is 0. The number of rotatable bonds is 7. The van der Waals surface area contributed by atoms with E-state index < -0.39 is 16.1 Å². The maximum Gasteiger partial charge on any atom is 0.328 e. The van der Waals surface area contributed by atoms with Gasteiger partial charge in [0, 0.05) is 12.6 Å². The van der Waals surface area contributed by atoms with Gasteiger partial charge >= 0.3 is 6.03 Å². The molecule has 44 heavy (non-hydrogen) atoms. The van der Waals surface area contributed by atoms with E-state index in [0.29, 0.717) is 66.8 Å². The Bertz CT molecular complexity index is 1340. The summed E-state index contributed by atoms with van der Waals surface area (Å²) in [6.45, 7) is 10.5. The van der Waals surface area contributed by atoms with Crippen LogP contribution in [0.25, 0.3) is 0 Å². The Labute approximate surface area is 262 Å². The lowest BCUT2D eigenvalue weighted by Gasteiger charge is -2.64. The zero-order chi connectivity index (χ0) is 31.4. The third kappa shape index (κ3) is 5.40. The van der Waals surface area contributed by atoms with Crippen molar-refractivity contribution in [1.82, 2.24) is 10.0 Å². The molecule has 4 fully saturated rings. The highest BCUT2D eigenvalue weighted by atomic mass is 32.2. The first-order chi connectivity index (χ1) is 20.9. The van der Waals surface area contributed by atoms with E-state index in [1.807, 2.05) is 0 Å². The minimum atomic E-state index is -4.06. The number of nitrogens with one attached hydrogen (secondary N) is 2. The van der Waals surface area contributed by atoms with Gasteiger partial charge in [0.1, 0.15) is 13.2 Å². The van der Waals surface area contributed by atoms with Crippen molar-refractivity contribution in [3.8, 4) is 11.5 Å². The quantitative estimate of drug-likeness (QED) is 0.329. The van der Waals surface area contributed by atoms with Crippen LogP contribution in [0.5, 0.6) is 11.5 Å². The van der Waals surface area contributed by atoms with Crippen LogP contribution in [0, 0.1) is 52.3 Å². The molecule has 0 aromatic heterocycles. The van der Waals surface area contributed by atoms with E-state index in [1.165, 1.54) is 12.1 Å². The van der Waals surface area contributed by atoms with Gasteiger partial charge in [-0.05, 0) is 116 Å². The second kappa shape index (κ2) is 12.0. The number of urea groups is 1. The Hall–Kier alpha value is -2.04. The highest BCUT2D eigenvalue weighted by molar-refractivity contribution is 7.90. The fourth-order valence-corrected chi connectivity index (χ4v) is 11.9.